The third-order valence-corrected chi connectivity index (χ3v) is 2.95. The molecule has 0 amide bonds. The van der Waals surface area contributed by atoms with Gasteiger partial charge in [-0.3, -0.25) is 0 Å². The van der Waals surface area contributed by atoms with Gasteiger partial charge in [-0.05, 0) is 30.4 Å². The molecule has 0 aromatic heterocycles. The van der Waals surface area contributed by atoms with Crippen molar-refractivity contribution < 1.29 is 9.84 Å². The molecule has 1 aromatic rings. The highest BCUT2D eigenvalue weighted by atomic mass is 16.5. The smallest absolute Gasteiger partial charge is 0.122 e. The lowest BCUT2D eigenvalue weighted by atomic mass is 10.1. The number of para-hydroxylation sites is 1. The predicted octanol–water partition coefficient (Wildman–Crippen LogP) is 3.42. The van der Waals surface area contributed by atoms with E-state index in [1.807, 2.05) is 32.0 Å². The summed E-state index contributed by atoms with van der Waals surface area (Å²) in [6.45, 7) is 6.56. The zero-order valence-corrected chi connectivity index (χ0v) is 11.1. The van der Waals surface area contributed by atoms with Crippen LogP contribution >= 0.6 is 0 Å². The van der Waals surface area contributed by atoms with Gasteiger partial charge in [0.2, 0.25) is 0 Å². The second-order valence-electron chi connectivity index (χ2n) is 4.83. The van der Waals surface area contributed by atoms with Crippen molar-refractivity contribution in [2.45, 2.75) is 46.1 Å². The van der Waals surface area contributed by atoms with Crippen LogP contribution in [-0.2, 0) is 6.42 Å². The molecule has 0 aliphatic rings. The number of rotatable bonds is 7. The van der Waals surface area contributed by atoms with E-state index in [0.29, 0.717) is 6.61 Å². The predicted molar refractivity (Wildman–Crippen MR) is 71.4 cm³/mol. The lowest BCUT2D eigenvalue weighted by molar-refractivity contribution is 0.0697. The average molecular weight is 236 g/mol. The Kier molecular flexibility index (Phi) is 6.06. The van der Waals surface area contributed by atoms with Gasteiger partial charge in [-0.15, -0.1) is 0 Å². The van der Waals surface area contributed by atoms with Gasteiger partial charge in [-0.25, -0.2) is 0 Å². The first-order valence-corrected chi connectivity index (χ1v) is 6.54. The average Bonchev–Trinajstić information content (AvgIpc) is 2.34. The van der Waals surface area contributed by atoms with Crippen molar-refractivity contribution in [1.82, 2.24) is 0 Å². The van der Waals surface area contributed by atoms with E-state index in [1.54, 1.807) is 0 Å². The van der Waals surface area contributed by atoms with Gasteiger partial charge in [0.1, 0.15) is 12.4 Å². The summed E-state index contributed by atoms with van der Waals surface area (Å²) in [6, 6.07) is 8.11. The van der Waals surface area contributed by atoms with Gasteiger partial charge in [0.25, 0.3) is 0 Å². The number of hydrogen-bond acceptors (Lipinski definition) is 2. The molecule has 1 unspecified atom stereocenters. The summed E-state index contributed by atoms with van der Waals surface area (Å²) >= 11 is 0. The molecule has 0 aliphatic heterocycles. The van der Waals surface area contributed by atoms with Crippen LogP contribution in [0.1, 0.15) is 39.2 Å². The summed E-state index contributed by atoms with van der Waals surface area (Å²) in [7, 11) is 0. The Labute approximate surface area is 105 Å². The Morgan fingerprint density at radius 2 is 1.94 bits per heavy atom. The summed E-state index contributed by atoms with van der Waals surface area (Å²) < 4.78 is 5.71. The molecule has 1 atom stereocenters. The third kappa shape index (κ3) is 4.78. The number of aliphatic hydroxyl groups is 1. The Morgan fingerprint density at radius 1 is 1.24 bits per heavy atom. The van der Waals surface area contributed by atoms with E-state index in [1.165, 1.54) is 18.4 Å². The molecule has 2 nitrogen and oxygen atoms in total. The van der Waals surface area contributed by atoms with Crippen LogP contribution < -0.4 is 4.74 Å². The van der Waals surface area contributed by atoms with Crippen molar-refractivity contribution in [1.29, 1.82) is 0 Å². The van der Waals surface area contributed by atoms with Gasteiger partial charge in [0.05, 0.1) is 6.10 Å². The van der Waals surface area contributed by atoms with Crippen LogP contribution in [0.5, 0.6) is 5.75 Å². The fraction of sp³-hybridized carbons (Fsp3) is 0.600. The standard InChI is InChI=1S/C15H24O2/c1-4-5-8-13-9-6-7-10-15(13)17-11-14(16)12(2)3/h6-7,9-10,12,14,16H,4-5,8,11H2,1-3H3. The molecule has 0 saturated heterocycles. The SMILES string of the molecule is CCCCc1ccccc1OCC(O)C(C)C. The van der Waals surface area contributed by atoms with Gasteiger partial charge < -0.3 is 9.84 Å². The zero-order valence-electron chi connectivity index (χ0n) is 11.1. The van der Waals surface area contributed by atoms with E-state index >= 15 is 0 Å². The maximum Gasteiger partial charge on any atom is 0.122 e. The second-order valence-corrected chi connectivity index (χ2v) is 4.83. The molecule has 0 radical (unpaired) electrons. The molecule has 17 heavy (non-hydrogen) atoms. The molecule has 0 bridgehead atoms. The monoisotopic (exact) mass is 236 g/mol. The first kappa shape index (κ1) is 14.0. The first-order chi connectivity index (χ1) is 8.15. The molecule has 0 saturated carbocycles. The van der Waals surface area contributed by atoms with Crippen LogP contribution in [-0.4, -0.2) is 17.8 Å². The topological polar surface area (TPSA) is 29.5 Å². The normalized spacial score (nSPS) is 12.8. The maximum absolute atomic E-state index is 9.73. The highest BCUT2D eigenvalue weighted by Crippen LogP contribution is 2.20. The summed E-state index contributed by atoms with van der Waals surface area (Å²) in [6.07, 6.45) is 3.01. The minimum absolute atomic E-state index is 0.234. The zero-order chi connectivity index (χ0) is 12.7. The van der Waals surface area contributed by atoms with E-state index in [-0.39, 0.29) is 5.92 Å². The number of ether oxygens (including phenoxy) is 1. The Bertz CT molecular complexity index is 320. The fourth-order valence-electron chi connectivity index (χ4n) is 1.59. The summed E-state index contributed by atoms with van der Waals surface area (Å²) in [5, 5.41) is 9.73. The summed E-state index contributed by atoms with van der Waals surface area (Å²) in [5.74, 6) is 1.15. The van der Waals surface area contributed by atoms with Crippen molar-refractivity contribution >= 4 is 0 Å². The van der Waals surface area contributed by atoms with Crippen LogP contribution in [0, 0.1) is 5.92 Å². The summed E-state index contributed by atoms with van der Waals surface area (Å²) in [5.41, 5.74) is 1.24. The fourth-order valence-corrected chi connectivity index (χ4v) is 1.59. The molecule has 0 spiro atoms. The molecule has 0 fully saturated rings. The van der Waals surface area contributed by atoms with E-state index < -0.39 is 6.10 Å². The van der Waals surface area contributed by atoms with Gasteiger partial charge in [-0.2, -0.15) is 0 Å². The van der Waals surface area contributed by atoms with Gasteiger partial charge in [-0.1, -0.05) is 45.4 Å². The van der Waals surface area contributed by atoms with Crippen LogP contribution in [0.2, 0.25) is 0 Å². The molecule has 1 N–H and O–H groups in total. The van der Waals surface area contributed by atoms with Crippen LogP contribution in [0.4, 0.5) is 0 Å². The van der Waals surface area contributed by atoms with E-state index in [2.05, 4.69) is 13.0 Å². The van der Waals surface area contributed by atoms with Crippen molar-refractivity contribution in [3.63, 3.8) is 0 Å². The molecule has 1 aromatic carbocycles. The number of benzene rings is 1. The maximum atomic E-state index is 9.73. The Balaban J connectivity index is 2.57. The van der Waals surface area contributed by atoms with Gasteiger partial charge in [0.15, 0.2) is 0 Å². The lowest BCUT2D eigenvalue weighted by Crippen LogP contribution is -2.23. The number of aryl methyl sites for hydroxylation is 1. The van der Waals surface area contributed by atoms with Gasteiger partial charge >= 0.3 is 0 Å². The minimum atomic E-state index is -0.394. The van der Waals surface area contributed by atoms with Crippen LogP contribution in [0.25, 0.3) is 0 Å². The molecule has 0 heterocycles. The molecular weight excluding hydrogens is 212 g/mol. The second kappa shape index (κ2) is 7.33. The van der Waals surface area contributed by atoms with Crippen LogP contribution in [0.3, 0.4) is 0 Å². The van der Waals surface area contributed by atoms with E-state index in [9.17, 15) is 5.11 Å². The quantitative estimate of drug-likeness (QED) is 0.786. The highest BCUT2D eigenvalue weighted by molar-refractivity contribution is 5.33. The van der Waals surface area contributed by atoms with Crippen LogP contribution in [0.15, 0.2) is 24.3 Å². The molecule has 2 heteroatoms. The van der Waals surface area contributed by atoms with E-state index in [4.69, 9.17) is 4.74 Å². The molecule has 96 valence electrons. The molecular formula is C15H24O2. The minimum Gasteiger partial charge on any atom is -0.491 e. The number of aliphatic hydroxyl groups excluding tert-OH is 1. The number of hydrogen-bond donors (Lipinski definition) is 1. The Hall–Kier alpha value is -1.02. The molecule has 1 rings (SSSR count). The summed E-state index contributed by atoms with van der Waals surface area (Å²) in [4.78, 5) is 0. The van der Waals surface area contributed by atoms with Crippen molar-refractivity contribution in [3.05, 3.63) is 29.8 Å². The third-order valence-electron chi connectivity index (χ3n) is 2.95. The van der Waals surface area contributed by atoms with Gasteiger partial charge in [0, 0.05) is 0 Å². The number of unbranched alkanes of at least 4 members (excludes halogenated alkanes) is 1. The van der Waals surface area contributed by atoms with Crippen molar-refractivity contribution in [2.24, 2.45) is 5.92 Å². The van der Waals surface area contributed by atoms with Crippen molar-refractivity contribution in [3.8, 4) is 5.75 Å². The lowest BCUT2D eigenvalue weighted by Gasteiger charge is -2.17. The highest BCUT2D eigenvalue weighted by Gasteiger charge is 2.11. The first-order valence-electron chi connectivity index (χ1n) is 6.54. The Morgan fingerprint density at radius 3 is 2.59 bits per heavy atom. The van der Waals surface area contributed by atoms with Crippen molar-refractivity contribution in [2.75, 3.05) is 6.61 Å². The largest absolute Gasteiger partial charge is 0.491 e. The molecule has 0 aliphatic carbocycles. The van der Waals surface area contributed by atoms with E-state index in [0.717, 1.165) is 12.2 Å².